The monoisotopic (exact) mass is 244 g/mol. The molecule has 0 saturated heterocycles. The number of nitrogens with zero attached hydrogens (tertiary/aromatic N) is 3. The average molecular weight is 245 g/mol. The van der Waals surface area contributed by atoms with Crippen LogP contribution >= 0.6 is 16.1 Å². The van der Waals surface area contributed by atoms with E-state index < -0.39 is 5.95 Å². The highest BCUT2D eigenvalue weighted by molar-refractivity contribution is 9.07. The molecule has 0 aliphatic carbocycles. The van der Waals surface area contributed by atoms with Crippen molar-refractivity contribution in [2.75, 3.05) is 5.01 Å². The van der Waals surface area contributed by atoms with Crippen molar-refractivity contribution in [2.45, 2.75) is 0 Å². The molecule has 4 nitrogen and oxygen atoms in total. The van der Waals surface area contributed by atoms with Gasteiger partial charge in [-0.2, -0.15) is 4.39 Å². The summed E-state index contributed by atoms with van der Waals surface area (Å²) in [6, 6.07) is 3.04. The normalized spacial score (nSPS) is 15.5. The van der Waals surface area contributed by atoms with E-state index >= 15 is 0 Å². The van der Waals surface area contributed by atoms with Crippen LogP contribution in [0, 0.1) is 5.95 Å². The smallest absolute Gasteiger partial charge is 0.214 e. The lowest BCUT2D eigenvalue weighted by Gasteiger charge is -2.17. The maximum Gasteiger partial charge on any atom is 0.214 e. The third-order valence-electron chi connectivity index (χ3n) is 1.54. The van der Waals surface area contributed by atoms with E-state index in [0.717, 1.165) is 0 Å². The predicted molar refractivity (Wildman–Crippen MR) is 49.7 cm³/mol. The standard InChI is InChI=1S/C7H6BrFN4/c8-13-4-3-12(11-13)6-1-2-10-7(9)5-6/h1-5,11H. The third-order valence-corrected chi connectivity index (χ3v) is 1.93. The highest BCUT2D eigenvalue weighted by Gasteiger charge is 2.11. The summed E-state index contributed by atoms with van der Waals surface area (Å²) in [5.74, 6) is -0.499. The van der Waals surface area contributed by atoms with Gasteiger partial charge in [-0.25, -0.2) is 9.02 Å². The average Bonchev–Trinajstić information content (AvgIpc) is 2.52. The fraction of sp³-hybridized carbons (Fsp3) is 0. The molecular weight excluding hydrogens is 239 g/mol. The van der Waals surface area contributed by atoms with Crippen molar-refractivity contribution in [2.24, 2.45) is 0 Å². The van der Waals surface area contributed by atoms with Crippen molar-refractivity contribution in [1.29, 1.82) is 0 Å². The van der Waals surface area contributed by atoms with Crippen molar-refractivity contribution < 1.29 is 4.39 Å². The van der Waals surface area contributed by atoms with Crippen LogP contribution in [0.25, 0.3) is 0 Å². The van der Waals surface area contributed by atoms with Gasteiger partial charge in [0.25, 0.3) is 0 Å². The lowest BCUT2D eigenvalue weighted by atomic mass is 10.4. The Morgan fingerprint density at radius 1 is 1.46 bits per heavy atom. The number of hydrogen-bond donors (Lipinski definition) is 1. The fourth-order valence-corrected chi connectivity index (χ4v) is 1.26. The van der Waals surface area contributed by atoms with E-state index in [2.05, 4.69) is 26.7 Å². The maximum atomic E-state index is 12.7. The number of anilines is 1. The van der Waals surface area contributed by atoms with Crippen LogP contribution in [-0.2, 0) is 0 Å². The van der Waals surface area contributed by atoms with E-state index in [1.165, 1.54) is 12.3 Å². The second-order valence-corrected chi connectivity index (χ2v) is 3.18. The minimum atomic E-state index is -0.499. The van der Waals surface area contributed by atoms with Crippen LogP contribution in [0.4, 0.5) is 10.1 Å². The van der Waals surface area contributed by atoms with Gasteiger partial charge in [-0.15, -0.1) is 5.53 Å². The molecule has 1 aliphatic heterocycles. The summed E-state index contributed by atoms with van der Waals surface area (Å²) >= 11 is 3.18. The van der Waals surface area contributed by atoms with Crippen molar-refractivity contribution in [3.8, 4) is 0 Å². The number of hydrazine groups is 2. The Labute approximate surface area is 82.9 Å². The second-order valence-electron chi connectivity index (χ2n) is 2.42. The van der Waals surface area contributed by atoms with Crippen molar-refractivity contribution in [1.82, 2.24) is 14.6 Å². The molecule has 0 amide bonds. The van der Waals surface area contributed by atoms with Crippen LogP contribution in [-0.4, -0.2) is 9.02 Å². The first-order valence-electron chi connectivity index (χ1n) is 3.56. The molecule has 0 atom stereocenters. The first kappa shape index (κ1) is 8.46. The number of hydrogen-bond acceptors (Lipinski definition) is 4. The maximum absolute atomic E-state index is 12.7. The Morgan fingerprint density at radius 3 is 2.92 bits per heavy atom. The molecule has 1 aromatic rings. The van der Waals surface area contributed by atoms with Gasteiger partial charge in [-0.05, 0) is 6.07 Å². The molecule has 2 heterocycles. The molecule has 0 radical (unpaired) electrons. The fourth-order valence-electron chi connectivity index (χ4n) is 0.981. The lowest BCUT2D eigenvalue weighted by Crippen LogP contribution is -2.33. The van der Waals surface area contributed by atoms with Crippen molar-refractivity contribution in [3.05, 3.63) is 36.7 Å². The van der Waals surface area contributed by atoms with Crippen LogP contribution < -0.4 is 10.5 Å². The SMILES string of the molecule is Fc1cc(N2C=CN(Br)N2)ccn1. The highest BCUT2D eigenvalue weighted by Crippen LogP contribution is 2.16. The van der Waals surface area contributed by atoms with E-state index in [4.69, 9.17) is 0 Å². The summed E-state index contributed by atoms with van der Waals surface area (Å²) in [4.78, 5) is 3.46. The van der Waals surface area contributed by atoms with Crippen LogP contribution in [0.5, 0.6) is 0 Å². The summed E-state index contributed by atoms with van der Waals surface area (Å²) in [5, 5.41) is 1.65. The molecule has 1 aromatic heterocycles. The summed E-state index contributed by atoms with van der Waals surface area (Å²) in [5.41, 5.74) is 3.56. The zero-order valence-electron chi connectivity index (χ0n) is 6.48. The molecule has 0 spiro atoms. The van der Waals surface area contributed by atoms with Gasteiger partial charge >= 0.3 is 0 Å². The zero-order chi connectivity index (χ0) is 9.26. The molecule has 68 valence electrons. The van der Waals surface area contributed by atoms with E-state index in [1.807, 2.05) is 0 Å². The molecular formula is C7H6BrFN4. The van der Waals surface area contributed by atoms with Gasteiger partial charge in [0.1, 0.15) is 0 Å². The van der Waals surface area contributed by atoms with Crippen molar-refractivity contribution >= 4 is 21.8 Å². The molecule has 0 bridgehead atoms. The Hall–Kier alpha value is -1.14. The predicted octanol–water partition coefficient (Wildman–Crippen LogP) is 1.54. The van der Waals surface area contributed by atoms with Gasteiger partial charge in [0, 0.05) is 24.7 Å². The molecule has 0 unspecified atom stereocenters. The van der Waals surface area contributed by atoms with Crippen LogP contribution in [0.15, 0.2) is 30.7 Å². The number of halogens is 2. The molecule has 0 fully saturated rings. The summed E-state index contributed by atoms with van der Waals surface area (Å²) in [7, 11) is 0. The highest BCUT2D eigenvalue weighted by atomic mass is 79.9. The lowest BCUT2D eigenvalue weighted by molar-refractivity contribution is 0.506. The minimum Gasteiger partial charge on any atom is -0.264 e. The van der Waals surface area contributed by atoms with Crippen molar-refractivity contribution in [3.63, 3.8) is 0 Å². The van der Waals surface area contributed by atoms with Gasteiger partial charge in [0.05, 0.1) is 21.8 Å². The topological polar surface area (TPSA) is 31.4 Å². The van der Waals surface area contributed by atoms with Gasteiger partial charge < -0.3 is 0 Å². The Bertz CT molecular complexity index is 343. The van der Waals surface area contributed by atoms with E-state index in [9.17, 15) is 4.39 Å². The van der Waals surface area contributed by atoms with E-state index in [0.29, 0.717) is 5.69 Å². The van der Waals surface area contributed by atoms with Crippen LogP contribution in [0.2, 0.25) is 0 Å². The minimum absolute atomic E-state index is 0.499. The van der Waals surface area contributed by atoms with Crippen LogP contribution in [0.1, 0.15) is 0 Å². The van der Waals surface area contributed by atoms with Gasteiger partial charge in [0.15, 0.2) is 0 Å². The Kier molecular flexibility index (Phi) is 2.15. The van der Waals surface area contributed by atoms with Gasteiger partial charge in [-0.3, -0.25) is 5.01 Å². The molecule has 13 heavy (non-hydrogen) atoms. The third kappa shape index (κ3) is 1.78. The van der Waals surface area contributed by atoms with Gasteiger partial charge in [-0.1, -0.05) is 0 Å². The molecule has 2 rings (SSSR count). The largest absolute Gasteiger partial charge is 0.264 e. The molecule has 1 N–H and O–H groups in total. The Balaban J connectivity index is 2.22. The molecule has 0 aromatic carbocycles. The summed E-state index contributed by atoms with van der Waals surface area (Å²) < 4.78 is 14.3. The number of rotatable bonds is 1. The van der Waals surface area contributed by atoms with Crippen LogP contribution in [0.3, 0.4) is 0 Å². The summed E-state index contributed by atoms with van der Waals surface area (Å²) in [6.07, 6.45) is 4.92. The number of nitrogens with one attached hydrogen (secondary N) is 1. The molecule has 6 heteroatoms. The zero-order valence-corrected chi connectivity index (χ0v) is 8.07. The summed E-state index contributed by atoms with van der Waals surface area (Å²) in [6.45, 7) is 0. The molecule has 0 saturated carbocycles. The number of pyridine rings is 1. The quantitative estimate of drug-likeness (QED) is 0.600. The number of aromatic nitrogens is 1. The van der Waals surface area contributed by atoms with E-state index in [-0.39, 0.29) is 0 Å². The Morgan fingerprint density at radius 2 is 2.31 bits per heavy atom. The first-order chi connectivity index (χ1) is 6.25. The second kappa shape index (κ2) is 3.31. The van der Waals surface area contributed by atoms with E-state index in [1.54, 1.807) is 27.5 Å². The first-order valence-corrected chi connectivity index (χ1v) is 4.27. The van der Waals surface area contributed by atoms with Gasteiger partial charge in [0.2, 0.25) is 5.95 Å². The molecule has 1 aliphatic rings.